The summed E-state index contributed by atoms with van der Waals surface area (Å²) in [5.74, 6) is -1.63. The van der Waals surface area contributed by atoms with Crippen LogP contribution in [0.15, 0.2) is 30.3 Å². The summed E-state index contributed by atoms with van der Waals surface area (Å²) in [4.78, 5) is 26.9. The zero-order valence-corrected chi connectivity index (χ0v) is 11.6. The fourth-order valence-electron chi connectivity index (χ4n) is 1.89. The van der Waals surface area contributed by atoms with Gasteiger partial charge in [0.2, 0.25) is 0 Å². The van der Waals surface area contributed by atoms with Crippen molar-refractivity contribution in [3.05, 3.63) is 53.1 Å². The van der Waals surface area contributed by atoms with Gasteiger partial charge in [-0.25, -0.2) is 14.6 Å². The van der Waals surface area contributed by atoms with Crippen LogP contribution in [0, 0.1) is 6.92 Å². The smallest absolute Gasteiger partial charge is 0.359 e. The van der Waals surface area contributed by atoms with Crippen molar-refractivity contribution in [1.29, 1.82) is 0 Å². The van der Waals surface area contributed by atoms with Gasteiger partial charge in [0, 0.05) is 6.20 Å². The number of aryl methyl sites for hydroxylation is 1. The molecule has 2 aromatic rings. The van der Waals surface area contributed by atoms with E-state index in [0.717, 1.165) is 5.56 Å². The first-order chi connectivity index (χ1) is 10.0. The Kier molecular flexibility index (Phi) is 4.18. The lowest BCUT2D eigenvalue weighted by molar-refractivity contribution is 0.0575. The maximum absolute atomic E-state index is 11.6. The van der Waals surface area contributed by atoms with Crippen LogP contribution >= 0.6 is 0 Å². The highest BCUT2D eigenvalue weighted by Crippen LogP contribution is 2.15. The first-order valence-electron chi connectivity index (χ1n) is 6.18. The molecule has 0 aliphatic rings. The number of carbonyl (C=O) groups excluding carboxylic acids is 1. The van der Waals surface area contributed by atoms with Gasteiger partial charge in [-0.2, -0.15) is 0 Å². The van der Waals surface area contributed by atoms with Crippen LogP contribution in [-0.4, -0.2) is 33.7 Å². The lowest BCUT2D eigenvalue weighted by atomic mass is 10.2. The average Bonchev–Trinajstić information content (AvgIpc) is 2.82. The van der Waals surface area contributed by atoms with E-state index in [9.17, 15) is 14.7 Å². The van der Waals surface area contributed by atoms with E-state index < -0.39 is 11.9 Å². The zero-order valence-electron chi connectivity index (χ0n) is 11.6. The normalized spacial score (nSPS) is 10.8. The average molecular weight is 286 g/mol. The van der Waals surface area contributed by atoms with Crippen molar-refractivity contribution in [2.45, 2.75) is 6.92 Å². The molecule has 0 unspecified atom stereocenters. The van der Waals surface area contributed by atoms with Crippen LogP contribution < -0.4 is 0 Å². The van der Waals surface area contributed by atoms with Crippen molar-refractivity contribution in [1.82, 2.24) is 9.55 Å². The van der Waals surface area contributed by atoms with Gasteiger partial charge in [0.25, 0.3) is 0 Å². The van der Waals surface area contributed by atoms with E-state index in [-0.39, 0.29) is 11.4 Å². The summed E-state index contributed by atoms with van der Waals surface area (Å²) < 4.78 is 5.90. The van der Waals surface area contributed by atoms with E-state index in [4.69, 9.17) is 0 Å². The number of imidazole rings is 1. The monoisotopic (exact) mass is 286 g/mol. The molecule has 108 valence electrons. The zero-order chi connectivity index (χ0) is 15.4. The van der Waals surface area contributed by atoms with Gasteiger partial charge in [-0.15, -0.1) is 0 Å². The van der Waals surface area contributed by atoms with Crippen molar-refractivity contribution in [2.75, 3.05) is 7.11 Å². The summed E-state index contributed by atoms with van der Waals surface area (Å²) in [6.07, 6.45) is 3.30. The number of carboxylic acids is 1. The van der Waals surface area contributed by atoms with E-state index in [2.05, 4.69) is 9.72 Å². The molecular formula is C15H14N2O4. The number of ether oxygens (including phenoxy) is 1. The quantitative estimate of drug-likeness (QED) is 0.872. The molecular weight excluding hydrogens is 272 g/mol. The molecule has 0 aliphatic heterocycles. The number of aromatic nitrogens is 2. The lowest BCUT2D eigenvalue weighted by Gasteiger charge is -2.02. The summed E-state index contributed by atoms with van der Waals surface area (Å²) >= 11 is 0. The SMILES string of the molecule is COC(=O)c1nc(C)n(/C=C/c2ccccc2)c1C(=O)O. The van der Waals surface area contributed by atoms with Gasteiger partial charge in [-0.3, -0.25) is 4.57 Å². The Morgan fingerprint density at radius 2 is 1.95 bits per heavy atom. The summed E-state index contributed by atoms with van der Waals surface area (Å²) in [5.41, 5.74) is 0.480. The summed E-state index contributed by atoms with van der Waals surface area (Å²) in [7, 11) is 1.18. The van der Waals surface area contributed by atoms with Crippen LogP contribution in [0.5, 0.6) is 0 Å². The number of carbonyl (C=O) groups is 2. The molecule has 2 rings (SSSR count). The van der Waals surface area contributed by atoms with E-state index in [1.54, 1.807) is 19.2 Å². The highest BCUT2D eigenvalue weighted by molar-refractivity contribution is 6.00. The lowest BCUT2D eigenvalue weighted by Crippen LogP contribution is -2.12. The van der Waals surface area contributed by atoms with Gasteiger partial charge in [0.05, 0.1) is 7.11 Å². The maximum Gasteiger partial charge on any atom is 0.359 e. The molecule has 0 radical (unpaired) electrons. The van der Waals surface area contributed by atoms with Crippen LogP contribution in [0.4, 0.5) is 0 Å². The van der Waals surface area contributed by atoms with Gasteiger partial charge in [0.1, 0.15) is 5.82 Å². The summed E-state index contributed by atoms with van der Waals surface area (Å²) in [6.45, 7) is 1.62. The number of carboxylic acid groups (broad SMARTS) is 1. The molecule has 21 heavy (non-hydrogen) atoms. The topological polar surface area (TPSA) is 81.4 Å². The fraction of sp³-hybridized carbons (Fsp3) is 0.133. The first kappa shape index (κ1) is 14.5. The number of benzene rings is 1. The molecule has 6 heteroatoms. The molecule has 0 saturated carbocycles. The maximum atomic E-state index is 11.6. The molecule has 0 atom stereocenters. The third kappa shape index (κ3) is 3.00. The Morgan fingerprint density at radius 1 is 1.29 bits per heavy atom. The van der Waals surface area contributed by atoms with Crippen LogP contribution in [0.2, 0.25) is 0 Å². The highest BCUT2D eigenvalue weighted by atomic mass is 16.5. The van der Waals surface area contributed by atoms with Gasteiger partial charge in [0.15, 0.2) is 11.4 Å². The standard InChI is InChI=1S/C15H14N2O4/c1-10-16-12(15(20)21-2)13(14(18)19)17(10)9-8-11-6-4-3-5-7-11/h3-9H,1-2H3,(H,18,19)/b9-8+. The molecule has 1 aromatic heterocycles. The number of aromatic carboxylic acids is 1. The molecule has 0 saturated heterocycles. The predicted molar refractivity (Wildman–Crippen MR) is 76.9 cm³/mol. The van der Waals surface area contributed by atoms with E-state index in [1.807, 2.05) is 30.3 Å². The van der Waals surface area contributed by atoms with E-state index in [0.29, 0.717) is 5.82 Å². The second-order valence-electron chi connectivity index (χ2n) is 4.25. The van der Waals surface area contributed by atoms with Crippen molar-refractivity contribution < 1.29 is 19.4 Å². The molecule has 0 bridgehead atoms. The van der Waals surface area contributed by atoms with Gasteiger partial charge in [-0.05, 0) is 18.6 Å². The second kappa shape index (κ2) is 6.04. The largest absolute Gasteiger partial charge is 0.476 e. The highest BCUT2D eigenvalue weighted by Gasteiger charge is 2.25. The summed E-state index contributed by atoms with van der Waals surface area (Å²) in [5, 5.41) is 9.30. The van der Waals surface area contributed by atoms with Crippen LogP contribution in [-0.2, 0) is 4.74 Å². The van der Waals surface area contributed by atoms with Crippen molar-refractivity contribution in [2.24, 2.45) is 0 Å². The van der Waals surface area contributed by atoms with Crippen LogP contribution in [0.1, 0.15) is 32.4 Å². The Bertz CT molecular complexity index is 702. The molecule has 1 heterocycles. The summed E-state index contributed by atoms with van der Waals surface area (Å²) in [6, 6.07) is 9.39. The van der Waals surface area contributed by atoms with Gasteiger partial charge >= 0.3 is 11.9 Å². The second-order valence-corrected chi connectivity index (χ2v) is 4.25. The number of rotatable bonds is 4. The number of methoxy groups -OCH3 is 1. The molecule has 6 nitrogen and oxygen atoms in total. The number of nitrogens with zero attached hydrogens (tertiary/aromatic N) is 2. The van der Waals surface area contributed by atoms with Crippen LogP contribution in [0.3, 0.4) is 0 Å². The molecule has 1 N–H and O–H groups in total. The molecule has 0 aliphatic carbocycles. The minimum absolute atomic E-state index is 0.208. The van der Waals surface area contributed by atoms with Gasteiger partial charge in [-0.1, -0.05) is 30.3 Å². The minimum atomic E-state index is -1.24. The molecule has 0 fully saturated rings. The molecule has 0 amide bonds. The number of hydrogen-bond acceptors (Lipinski definition) is 4. The minimum Gasteiger partial charge on any atom is -0.476 e. The Balaban J connectivity index is 2.48. The van der Waals surface area contributed by atoms with E-state index in [1.165, 1.54) is 11.7 Å². The van der Waals surface area contributed by atoms with Gasteiger partial charge < -0.3 is 9.84 Å². The third-order valence-electron chi connectivity index (χ3n) is 2.88. The first-order valence-corrected chi connectivity index (χ1v) is 6.18. The van der Waals surface area contributed by atoms with Crippen molar-refractivity contribution >= 4 is 24.2 Å². The fourth-order valence-corrected chi connectivity index (χ4v) is 1.89. The number of hydrogen-bond donors (Lipinski definition) is 1. The Morgan fingerprint density at radius 3 is 2.52 bits per heavy atom. The Labute approximate surface area is 121 Å². The predicted octanol–water partition coefficient (Wildman–Crippen LogP) is 2.30. The van der Waals surface area contributed by atoms with Crippen molar-refractivity contribution in [3.63, 3.8) is 0 Å². The van der Waals surface area contributed by atoms with E-state index >= 15 is 0 Å². The van der Waals surface area contributed by atoms with Crippen LogP contribution in [0.25, 0.3) is 12.3 Å². The molecule has 0 spiro atoms. The Hall–Kier alpha value is -2.89. The number of esters is 1. The third-order valence-corrected chi connectivity index (χ3v) is 2.88. The molecule has 1 aromatic carbocycles. The van der Waals surface area contributed by atoms with Crippen molar-refractivity contribution in [3.8, 4) is 0 Å².